The van der Waals surface area contributed by atoms with Crippen molar-refractivity contribution in [2.75, 3.05) is 4.43 Å². The molecule has 1 aliphatic heterocycles. The van der Waals surface area contributed by atoms with Crippen LogP contribution in [-0.4, -0.2) is 36.8 Å². The molecule has 0 saturated carbocycles. The molecule has 0 aromatic rings. The minimum atomic E-state index is -1.92. The molecule has 154 valence electrons. The molecule has 0 amide bonds. The molecule has 0 aromatic carbocycles. The number of halogens is 1. The van der Waals surface area contributed by atoms with E-state index >= 15 is 0 Å². The largest absolute Gasteiger partial charge is 0.408 e. The maximum atomic E-state index is 6.83. The molecule has 5 heteroatoms. The molecule has 1 saturated heterocycles. The molecule has 1 rings (SSSR count). The minimum Gasteiger partial charge on any atom is -0.408 e. The molecular weight excluding hydrogens is 455 g/mol. The first-order valence-corrected chi connectivity index (χ1v) is 14.4. The van der Waals surface area contributed by atoms with Crippen molar-refractivity contribution in [3.05, 3.63) is 12.2 Å². The first-order valence-electron chi connectivity index (χ1n) is 9.98. The van der Waals surface area contributed by atoms with Gasteiger partial charge in [-0.2, -0.15) is 0 Å². The molecule has 0 aliphatic carbocycles. The first-order chi connectivity index (χ1) is 11.7. The molecule has 0 radical (unpaired) electrons. The average Bonchev–Trinajstić information content (AvgIpc) is 2.76. The number of ether oxygens (including phenoxy) is 2. The first kappa shape index (κ1) is 24.6. The van der Waals surface area contributed by atoms with Crippen molar-refractivity contribution in [3.8, 4) is 0 Å². The summed E-state index contributed by atoms with van der Waals surface area (Å²) >= 11 is 2.42. The van der Waals surface area contributed by atoms with E-state index in [4.69, 9.17) is 13.9 Å². The van der Waals surface area contributed by atoms with Crippen molar-refractivity contribution in [2.45, 2.75) is 104 Å². The summed E-state index contributed by atoms with van der Waals surface area (Å²) in [6.07, 6.45) is 5.51. The molecule has 1 fully saturated rings. The third kappa shape index (κ3) is 6.87. The van der Waals surface area contributed by atoms with Crippen LogP contribution in [0.25, 0.3) is 0 Å². The number of hydrogen-bond acceptors (Lipinski definition) is 3. The fourth-order valence-corrected chi connectivity index (χ4v) is 4.57. The highest BCUT2D eigenvalue weighted by Gasteiger charge is 2.47. The lowest BCUT2D eigenvalue weighted by atomic mass is 9.96. The van der Waals surface area contributed by atoms with Gasteiger partial charge in [0.25, 0.3) is 0 Å². The molecule has 1 heterocycles. The van der Waals surface area contributed by atoms with Crippen LogP contribution in [0.15, 0.2) is 12.2 Å². The molecular formula is C21H41IO3Si. The maximum absolute atomic E-state index is 6.83. The summed E-state index contributed by atoms with van der Waals surface area (Å²) < 4.78 is 20.4. The van der Waals surface area contributed by atoms with Gasteiger partial charge < -0.3 is 13.9 Å². The molecule has 3 nitrogen and oxygen atoms in total. The Morgan fingerprint density at radius 1 is 1.12 bits per heavy atom. The van der Waals surface area contributed by atoms with Crippen LogP contribution in [0.2, 0.25) is 18.1 Å². The molecule has 1 unspecified atom stereocenters. The second kappa shape index (κ2) is 9.38. The maximum Gasteiger partial charge on any atom is 0.193 e. The quantitative estimate of drug-likeness (QED) is 0.165. The standard InChI is InChI=1S/C21H41IO3Si/c1-15(2)16(3)11-12-18(25-26(9,10)20(4,5)6)19-17(13-14-22)23-21(7,8)24-19/h11-12,15-19H,13-14H2,1-10H3/b12-11-/t16-,17+,18?,19+/m1/s1. The Balaban J connectivity index is 3.14. The van der Waals surface area contributed by atoms with Crippen LogP contribution >= 0.6 is 22.6 Å². The van der Waals surface area contributed by atoms with E-state index in [1.807, 2.05) is 13.8 Å². The van der Waals surface area contributed by atoms with E-state index in [1.165, 1.54) is 0 Å². The monoisotopic (exact) mass is 496 g/mol. The van der Waals surface area contributed by atoms with Gasteiger partial charge in [-0.1, -0.05) is 76.3 Å². The van der Waals surface area contributed by atoms with E-state index in [0.717, 1.165) is 10.8 Å². The van der Waals surface area contributed by atoms with Crippen LogP contribution in [0.3, 0.4) is 0 Å². The van der Waals surface area contributed by atoms with Crippen LogP contribution in [0.4, 0.5) is 0 Å². The van der Waals surface area contributed by atoms with E-state index in [1.54, 1.807) is 0 Å². The van der Waals surface area contributed by atoms with Gasteiger partial charge >= 0.3 is 0 Å². The van der Waals surface area contributed by atoms with Crippen LogP contribution < -0.4 is 0 Å². The Labute approximate surface area is 176 Å². The number of hydrogen-bond donors (Lipinski definition) is 0. The van der Waals surface area contributed by atoms with Gasteiger partial charge in [0.2, 0.25) is 0 Å². The summed E-state index contributed by atoms with van der Waals surface area (Å²) in [4.78, 5) is 0. The van der Waals surface area contributed by atoms with Gasteiger partial charge in [0.15, 0.2) is 14.1 Å². The van der Waals surface area contributed by atoms with E-state index in [0.29, 0.717) is 11.8 Å². The molecule has 4 atom stereocenters. The SMILES string of the molecule is CC(C)[C@H](C)/C=C\C(O[Si](C)(C)C(C)(C)C)[C@H]1OC(C)(C)O[C@H]1CCI. The van der Waals surface area contributed by atoms with Crippen LogP contribution in [0, 0.1) is 11.8 Å². The topological polar surface area (TPSA) is 27.7 Å². The lowest BCUT2D eigenvalue weighted by Gasteiger charge is -2.40. The molecule has 0 bridgehead atoms. The number of rotatable bonds is 8. The van der Waals surface area contributed by atoms with Crippen molar-refractivity contribution in [1.29, 1.82) is 0 Å². The number of allylic oxidation sites excluding steroid dienone is 1. The third-order valence-electron chi connectivity index (χ3n) is 5.83. The van der Waals surface area contributed by atoms with Crippen LogP contribution in [-0.2, 0) is 13.9 Å². The van der Waals surface area contributed by atoms with Gasteiger partial charge in [-0.25, -0.2) is 0 Å². The molecule has 1 aliphatic rings. The van der Waals surface area contributed by atoms with E-state index < -0.39 is 14.1 Å². The molecule has 0 aromatic heterocycles. The second-order valence-corrected chi connectivity index (χ2v) is 15.8. The fraction of sp³-hybridized carbons (Fsp3) is 0.905. The predicted octanol–water partition coefficient (Wildman–Crippen LogP) is 6.57. The smallest absolute Gasteiger partial charge is 0.193 e. The summed E-state index contributed by atoms with van der Waals surface area (Å²) in [6.45, 7) is 22.3. The summed E-state index contributed by atoms with van der Waals surface area (Å²) in [5.74, 6) is 0.578. The van der Waals surface area contributed by atoms with Crippen molar-refractivity contribution in [3.63, 3.8) is 0 Å². The lowest BCUT2D eigenvalue weighted by Crippen LogP contribution is -2.48. The van der Waals surface area contributed by atoms with Gasteiger partial charge in [0.05, 0.1) is 12.2 Å². The zero-order valence-electron chi connectivity index (χ0n) is 18.6. The van der Waals surface area contributed by atoms with Gasteiger partial charge in [-0.15, -0.1) is 0 Å². The highest BCUT2D eigenvalue weighted by atomic mass is 127. The Morgan fingerprint density at radius 2 is 1.69 bits per heavy atom. The van der Waals surface area contributed by atoms with Crippen molar-refractivity contribution in [1.82, 2.24) is 0 Å². The summed E-state index contributed by atoms with van der Waals surface area (Å²) in [5.41, 5.74) is 0. The van der Waals surface area contributed by atoms with Gasteiger partial charge in [0, 0.05) is 4.43 Å². The Hall–Kier alpha value is 0.567. The molecule has 26 heavy (non-hydrogen) atoms. The highest BCUT2D eigenvalue weighted by Crippen LogP contribution is 2.40. The zero-order chi connectivity index (χ0) is 20.3. The minimum absolute atomic E-state index is 0.0514. The van der Waals surface area contributed by atoms with E-state index in [2.05, 4.69) is 89.4 Å². The van der Waals surface area contributed by atoms with Gasteiger partial charge in [0.1, 0.15) is 6.10 Å². The average molecular weight is 497 g/mol. The molecule has 0 N–H and O–H groups in total. The summed E-state index contributed by atoms with van der Waals surface area (Å²) in [7, 11) is -1.92. The van der Waals surface area contributed by atoms with Gasteiger partial charge in [-0.3, -0.25) is 0 Å². The third-order valence-corrected chi connectivity index (χ3v) is 10.9. The van der Waals surface area contributed by atoms with Gasteiger partial charge in [-0.05, 0) is 50.2 Å². The number of alkyl halides is 1. The van der Waals surface area contributed by atoms with E-state index in [-0.39, 0.29) is 23.4 Å². The van der Waals surface area contributed by atoms with Crippen molar-refractivity contribution < 1.29 is 13.9 Å². The van der Waals surface area contributed by atoms with Crippen molar-refractivity contribution >= 4 is 30.9 Å². The summed E-state index contributed by atoms with van der Waals surface area (Å²) in [5, 5.41) is 0.163. The summed E-state index contributed by atoms with van der Waals surface area (Å²) in [6, 6.07) is 0. The van der Waals surface area contributed by atoms with E-state index in [9.17, 15) is 0 Å². The normalized spacial score (nSPS) is 26.6. The second-order valence-electron chi connectivity index (χ2n) is 9.95. The zero-order valence-corrected chi connectivity index (χ0v) is 21.7. The Bertz CT molecular complexity index is 468. The molecule has 0 spiro atoms. The predicted molar refractivity (Wildman–Crippen MR) is 123 cm³/mol. The highest BCUT2D eigenvalue weighted by molar-refractivity contribution is 14.1. The Kier molecular flexibility index (Phi) is 8.87. The lowest BCUT2D eigenvalue weighted by molar-refractivity contribution is -0.151. The van der Waals surface area contributed by atoms with Crippen LogP contribution in [0.5, 0.6) is 0 Å². The fourth-order valence-electron chi connectivity index (χ4n) is 2.71. The Morgan fingerprint density at radius 3 is 2.15 bits per heavy atom. The van der Waals surface area contributed by atoms with Crippen LogP contribution in [0.1, 0.15) is 61.8 Å². The van der Waals surface area contributed by atoms with Crippen molar-refractivity contribution in [2.24, 2.45) is 11.8 Å².